The predicted octanol–water partition coefficient (Wildman–Crippen LogP) is 4.11. The van der Waals surface area contributed by atoms with E-state index in [1.165, 1.54) is 47.3 Å². The second-order valence-electron chi connectivity index (χ2n) is 8.14. The summed E-state index contributed by atoms with van der Waals surface area (Å²) in [5, 5.41) is 3.44. The molecule has 144 valence electrons. The van der Waals surface area contributed by atoms with Gasteiger partial charge in [-0.3, -0.25) is 4.90 Å². The van der Waals surface area contributed by atoms with E-state index in [0.717, 1.165) is 37.7 Å². The smallest absolute Gasteiger partial charge is 0.137 e. The van der Waals surface area contributed by atoms with Crippen LogP contribution in [0.3, 0.4) is 0 Å². The number of benzene rings is 1. The van der Waals surface area contributed by atoms with Crippen molar-refractivity contribution in [3.8, 4) is 0 Å². The number of nitrogens with one attached hydrogen (secondary N) is 1. The van der Waals surface area contributed by atoms with Crippen LogP contribution in [0.25, 0.3) is 5.70 Å². The van der Waals surface area contributed by atoms with Crippen molar-refractivity contribution < 1.29 is 0 Å². The van der Waals surface area contributed by atoms with Crippen molar-refractivity contribution in [2.45, 2.75) is 33.1 Å². The van der Waals surface area contributed by atoms with Gasteiger partial charge in [-0.05, 0) is 74.1 Å². The molecule has 4 nitrogen and oxygen atoms in total. The molecule has 1 aromatic rings. The van der Waals surface area contributed by atoms with Crippen LogP contribution in [0.15, 0.2) is 64.6 Å². The molecule has 2 fully saturated rings. The Balaban J connectivity index is 1.53. The number of allylic oxidation sites excluding steroid dienone is 3. The highest BCUT2D eigenvalue weighted by molar-refractivity contribution is 6.02. The Bertz CT molecular complexity index is 949. The topological polar surface area (TPSA) is 30.9 Å². The van der Waals surface area contributed by atoms with Gasteiger partial charge in [-0.2, -0.15) is 0 Å². The molecular formula is C24H28N4. The van der Waals surface area contributed by atoms with Crippen molar-refractivity contribution >= 4 is 11.5 Å². The molecular weight excluding hydrogens is 344 g/mol. The molecule has 4 heteroatoms. The highest BCUT2D eigenvalue weighted by Gasteiger charge is 2.27. The van der Waals surface area contributed by atoms with Gasteiger partial charge in [-0.1, -0.05) is 12.1 Å². The molecule has 0 unspecified atom stereocenters. The number of aliphatic imine (C=N–C) groups is 1. The van der Waals surface area contributed by atoms with E-state index in [4.69, 9.17) is 4.99 Å². The van der Waals surface area contributed by atoms with Crippen molar-refractivity contribution in [2.75, 3.05) is 26.2 Å². The third kappa shape index (κ3) is 3.12. The molecule has 0 radical (unpaired) electrons. The van der Waals surface area contributed by atoms with Crippen molar-refractivity contribution in [1.82, 2.24) is 15.1 Å². The molecule has 5 rings (SSSR count). The first-order valence-corrected chi connectivity index (χ1v) is 10.4. The van der Waals surface area contributed by atoms with Gasteiger partial charge in [0.2, 0.25) is 0 Å². The van der Waals surface area contributed by atoms with E-state index in [2.05, 4.69) is 71.6 Å². The predicted molar refractivity (Wildman–Crippen MR) is 116 cm³/mol. The molecule has 1 saturated heterocycles. The molecule has 4 aliphatic rings. The molecule has 0 bridgehead atoms. The van der Waals surface area contributed by atoms with Crippen LogP contribution in [0.5, 0.6) is 0 Å². The monoisotopic (exact) mass is 372 g/mol. The third-order valence-corrected chi connectivity index (χ3v) is 6.28. The van der Waals surface area contributed by atoms with Gasteiger partial charge in [0.25, 0.3) is 0 Å². The van der Waals surface area contributed by atoms with Crippen molar-refractivity contribution in [3.63, 3.8) is 0 Å². The molecule has 0 atom stereocenters. The summed E-state index contributed by atoms with van der Waals surface area (Å²) in [6.07, 6.45) is 12.7. The number of hydrogen-bond acceptors (Lipinski definition) is 4. The quantitative estimate of drug-likeness (QED) is 0.847. The van der Waals surface area contributed by atoms with E-state index in [0.29, 0.717) is 0 Å². The summed E-state index contributed by atoms with van der Waals surface area (Å²) < 4.78 is 0. The summed E-state index contributed by atoms with van der Waals surface area (Å²) in [5.74, 6) is 1.03. The van der Waals surface area contributed by atoms with Crippen molar-refractivity contribution in [1.29, 1.82) is 0 Å². The fraction of sp³-hybridized carbons (Fsp3) is 0.375. The minimum Gasteiger partial charge on any atom is -0.368 e. The summed E-state index contributed by atoms with van der Waals surface area (Å²) in [7, 11) is 0. The molecule has 3 heterocycles. The lowest BCUT2D eigenvalue weighted by Gasteiger charge is -2.37. The number of nitrogens with zero attached hydrogens (tertiary/aromatic N) is 3. The van der Waals surface area contributed by atoms with E-state index in [-0.39, 0.29) is 0 Å². The normalized spacial score (nSPS) is 21.7. The van der Waals surface area contributed by atoms with Gasteiger partial charge in [0, 0.05) is 43.6 Å². The number of hydrogen-bond donors (Lipinski definition) is 1. The first-order chi connectivity index (χ1) is 13.7. The van der Waals surface area contributed by atoms with Crippen molar-refractivity contribution in [2.24, 2.45) is 4.99 Å². The SMILES string of the molecule is Cc1ccc(C2=CC(=C3CCC3)N3C=C(N4CCNCC4)C=CC3=N2)cc1C. The van der Waals surface area contributed by atoms with Crippen molar-refractivity contribution in [3.05, 3.63) is 76.3 Å². The molecule has 1 saturated carbocycles. The van der Waals surface area contributed by atoms with Gasteiger partial charge in [0.05, 0.1) is 11.4 Å². The maximum Gasteiger partial charge on any atom is 0.137 e. The summed E-state index contributed by atoms with van der Waals surface area (Å²) in [4.78, 5) is 9.81. The fourth-order valence-electron chi connectivity index (χ4n) is 4.16. The summed E-state index contributed by atoms with van der Waals surface area (Å²) in [6, 6.07) is 6.66. The van der Waals surface area contributed by atoms with Crippen LogP contribution < -0.4 is 5.32 Å². The summed E-state index contributed by atoms with van der Waals surface area (Å²) >= 11 is 0. The van der Waals surface area contributed by atoms with Crippen LogP contribution in [0.4, 0.5) is 0 Å². The van der Waals surface area contributed by atoms with Crippen LogP contribution in [-0.2, 0) is 0 Å². The number of amidine groups is 1. The zero-order valence-electron chi connectivity index (χ0n) is 16.8. The Morgan fingerprint density at radius 2 is 1.82 bits per heavy atom. The van der Waals surface area contributed by atoms with E-state index < -0.39 is 0 Å². The standard InChI is InChI=1S/C24H28N4/c1-17-6-7-20(14-18(17)2)22-15-23(19-4-3-5-19)28-16-21(8-9-24(28)26-22)27-12-10-25-11-13-27/h6-9,14-16,25H,3-5,10-13H2,1-2H3. The second-order valence-corrected chi connectivity index (χ2v) is 8.14. The number of piperazine rings is 1. The van der Waals surface area contributed by atoms with Gasteiger partial charge in [0.15, 0.2) is 0 Å². The van der Waals surface area contributed by atoms with E-state index in [1.54, 1.807) is 5.57 Å². The number of fused-ring (bicyclic) bond motifs is 1. The largest absolute Gasteiger partial charge is 0.368 e. The van der Waals surface area contributed by atoms with Crippen LogP contribution in [0.1, 0.15) is 36.0 Å². The average Bonchev–Trinajstić information content (AvgIpc) is 2.69. The van der Waals surface area contributed by atoms with Crippen LogP contribution in [0, 0.1) is 13.8 Å². The second kappa shape index (κ2) is 7.10. The average molecular weight is 373 g/mol. The van der Waals surface area contributed by atoms with Crippen LogP contribution in [-0.4, -0.2) is 41.8 Å². The van der Waals surface area contributed by atoms with E-state index >= 15 is 0 Å². The Hall–Kier alpha value is -2.59. The Morgan fingerprint density at radius 3 is 2.54 bits per heavy atom. The van der Waals surface area contributed by atoms with Gasteiger partial charge in [-0.15, -0.1) is 0 Å². The lowest BCUT2D eigenvalue weighted by Crippen LogP contribution is -2.44. The van der Waals surface area contributed by atoms with Gasteiger partial charge in [-0.25, -0.2) is 4.99 Å². The zero-order chi connectivity index (χ0) is 19.1. The van der Waals surface area contributed by atoms with Gasteiger partial charge < -0.3 is 10.2 Å². The first-order valence-electron chi connectivity index (χ1n) is 10.4. The Kier molecular flexibility index (Phi) is 4.44. The minimum atomic E-state index is 1.03. The molecule has 0 spiro atoms. The molecule has 28 heavy (non-hydrogen) atoms. The highest BCUT2D eigenvalue weighted by atomic mass is 15.3. The third-order valence-electron chi connectivity index (χ3n) is 6.28. The van der Waals surface area contributed by atoms with E-state index in [9.17, 15) is 0 Å². The van der Waals surface area contributed by atoms with Crippen LogP contribution >= 0.6 is 0 Å². The molecule has 1 N–H and O–H groups in total. The van der Waals surface area contributed by atoms with Gasteiger partial charge >= 0.3 is 0 Å². The maximum absolute atomic E-state index is 5.02. The van der Waals surface area contributed by atoms with E-state index in [1.807, 2.05) is 0 Å². The Labute approximate surface area is 167 Å². The maximum atomic E-state index is 5.02. The van der Waals surface area contributed by atoms with Crippen LogP contribution in [0.2, 0.25) is 0 Å². The highest BCUT2D eigenvalue weighted by Crippen LogP contribution is 2.37. The lowest BCUT2D eigenvalue weighted by atomic mass is 9.88. The molecule has 0 aromatic heterocycles. The zero-order valence-corrected chi connectivity index (χ0v) is 16.8. The summed E-state index contributed by atoms with van der Waals surface area (Å²) in [5.41, 5.74) is 9.11. The molecule has 1 aliphatic carbocycles. The molecule has 0 amide bonds. The minimum absolute atomic E-state index is 1.03. The molecule has 3 aliphatic heterocycles. The van der Waals surface area contributed by atoms with Gasteiger partial charge in [0.1, 0.15) is 5.84 Å². The fourth-order valence-corrected chi connectivity index (χ4v) is 4.16. The number of rotatable bonds is 2. The number of aryl methyl sites for hydroxylation is 2. The first kappa shape index (κ1) is 17.5. The molecule has 1 aromatic carbocycles. The Morgan fingerprint density at radius 1 is 1.00 bits per heavy atom. The lowest BCUT2D eigenvalue weighted by molar-refractivity contribution is 0.303. The summed E-state index contributed by atoms with van der Waals surface area (Å²) in [6.45, 7) is 8.57.